The first-order valence-corrected chi connectivity index (χ1v) is 9.64. The molecule has 0 unspecified atom stereocenters. The summed E-state index contributed by atoms with van der Waals surface area (Å²) in [5.41, 5.74) is 1.57. The second-order valence-electron chi connectivity index (χ2n) is 6.10. The average molecular weight is 424 g/mol. The third-order valence-corrected chi connectivity index (χ3v) is 4.99. The molecule has 2 aromatic heterocycles. The summed E-state index contributed by atoms with van der Waals surface area (Å²) in [6.07, 6.45) is 0. The number of amides is 1. The number of fused-ring (bicyclic) bond motifs is 1. The minimum atomic E-state index is -0.521. The van der Waals surface area contributed by atoms with Crippen molar-refractivity contribution in [3.05, 3.63) is 76.6 Å². The van der Waals surface area contributed by atoms with E-state index in [0.717, 1.165) is 11.8 Å². The summed E-state index contributed by atoms with van der Waals surface area (Å²) in [5.74, 6) is -0.957. The second-order valence-corrected chi connectivity index (χ2v) is 7.04. The topological polar surface area (TPSA) is 115 Å². The highest BCUT2D eigenvalue weighted by Crippen LogP contribution is 2.24. The summed E-state index contributed by atoms with van der Waals surface area (Å²) >= 11 is 1.09. The van der Waals surface area contributed by atoms with Crippen LogP contribution in [0.2, 0.25) is 0 Å². The van der Waals surface area contributed by atoms with Crippen molar-refractivity contribution in [3.63, 3.8) is 0 Å². The van der Waals surface area contributed by atoms with Crippen LogP contribution in [0.5, 0.6) is 0 Å². The van der Waals surface area contributed by atoms with Crippen LogP contribution in [-0.4, -0.2) is 36.4 Å². The van der Waals surface area contributed by atoms with E-state index in [1.807, 2.05) is 0 Å². The molecule has 0 saturated carbocycles. The minimum Gasteiger partial charge on any atom is -0.323 e. The number of nitrogens with one attached hydrogen (secondary N) is 1. The van der Waals surface area contributed by atoms with E-state index in [1.54, 1.807) is 30.3 Å². The van der Waals surface area contributed by atoms with E-state index >= 15 is 0 Å². The highest BCUT2D eigenvalue weighted by atomic mass is 32.2. The van der Waals surface area contributed by atoms with Crippen molar-refractivity contribution in [3.8, 4) is 11.3 Å². The Balaban J connectivity index is 1.53. The van der Waals surface area contributed by atoms with Crippen molar-refractivity contribution in [2.45, 2.75) is 5.16 Å². The lowest BCUT2D eigenvalue weighted by Gasteiger charge is -2.06. The molecule has 1 N–H and O–H groups in total. The second kappa shape index (κ2) is 8.25. The van der Waals surface area contributed by atoms with Gasteiger partial charge in [0.25, 0.3) is 5.69 Å². The third kappa shape index (κ3) is 4.10. The fourth-order valence-electron chi connectivity index (χ4n) is 2.67. The number of anilines is 1. The van der Waals surface area contributed by atoms with Crippen molar-refractivity contribution >= 4 is 34.7 Å². The smallest absolute Gasteiger partial charge is 0.270 e. The van der Waals surface area contributed by atoms with Gasteiger partial charge < -0.3 is 5.32 Å². The lowest BCUT2D eigenvalue weighted by molar-refractivity contribution is -0.384. The standard InChI is InChI=1S/C19H13FN6O3S/c20-14-6-1-2-7-16(14)21-18(27)11-30-19-23-22-17-9-8-15(24-25(17)19)12-4-3-5-13(10-12)26(28)29/h1-10H,11H2,(H,21,27). The Kier molecular flexibility index (Phi) is 5.35. The number of aromatic nitrogens is 4. The molecule has 150 valence electrons. The van der Waals surface area contributed by atoms with Gasteiger partial charge in [0.2, 0.25) is 11.1 Å². The van der Waals surface area contributed by atoms with Gasteiger partial charge in [0.05, 0.1) is 22.1 Å². The maximum Gasteiger partial charge on any atom is 0.270 e. The summed E-state index contributed by atoms with van der Waals surface area (Å²) in [5, 5.41) is 26.3. The first-order valence-electron chi connectivity index (χ1n) is 8.66. The monoisotopic (exact) mass is 424 g/mol. The van der Waals surface area contributed by atoms with Crippen LogP contribution in [0.15, 0.2) is 65.8 Å². The number of para-hydroxylation sites is 1. The SMILES string of the molecule is O=C(CSc1nnc2ccc(-c3cccc([N+](=O)[O-])c3)nn12)Nc1ccccc1F. The van der Waals surface area contributed by atoms with E-state index < -0.39 is 16.6 Å². The number of hydrogen-bond acceptors (Lipinski definition) is 7. The Bertz CT molecular complexity index is 1260. The van der Waals surface area contributed by atoms with Crippen molar-refractivity contribution in [2.75, 3.05) is 11.1 Å². The number of hydrogen-bond donors (Lipinski definition) is 1. The number of halogens is 1. The minimum absolute atomic E-state index is 0.0299. The van der Waals surface area contributed by atoms with Crippen LogP contribution in [0.1, 0.15) is 0 Å². The number of carbonyl (C=O) groups excluding carboxylic acids is 1. The number of rotatable bonds is 6. The van der Waals surface area contributed by atoms with Crippen molar-refractivity contribution < 1.29 is 14.1 Å². The van der Waals surface area contributed by atoms with Gasteiger partial charge in [0.1, 0.15) is 5.82 Å². The maximum atomic E-state index is 13.7. The number of carbonyl (C=O) groups is 1. The van der Waals surface area contributed by atoms with Crippen LogP contribution in [0.3, 0.4) is 0 Å². The van der Waals surface area contributed by atoms with Gasteiger partial charge in [-0.2, -0.15) is 9.61 Å². The largest absolute Gasteiger partial charge is 0.323 e. The average Bonchev–Trinajstić information content (AvgIpc) is 3.16. The number of nitrogens with zero attached hydrogens (tertiary/aromatic N) is 5. The zero-order valence-electron chi connectivity index (χ0n) is 15.2. The Hall–Kier alpha value is -3.86. The molecule has 0 aliphatic rings. The number of nitro benzene ring substituents is 1. The number of non-ortho nitro benzene ring substituents is 1. The van der Waals surface area contributed by atoms with E-state index in [1.165, 1.54) is 34.8 Å². The quantitative estimate of drug-likeness (QED) is 0.286. The zero-order valence-corrected chi connectivity index (χ0v) is 16.0. The lowest BCUT2D eigenvalue weighted by atomic mass is 10.1. The Morgan fingerprint density at radius 3 is 2.77 bits per heavy atom. The van der Waals surface area contributed by atoms with Gasteiger partial charge in [-0.15, -0.1) is 10.2 Å². The van der Waals surface area contributed by atoms with E-state index in [2.05, 4.69) is 20.6 Å². The summed E-state index contributed by atoms with van der Waals surface area (Å²) in [6, 6.07) is 15.4. The first-order chi connectivity index (χ1) is 14.5. The summed E-state index contributed by atoms with van der Waals surface area (Å²) in [7, 11) is 0. The lowest BCUT2D eigenvalue weighted by Crippen LogP contribution is -2.15. The normalized spacial score (nSPS) is 10.8. The Labute approximate surface area is 173 Å². The molecule has 0 saturated heterocycles. The summed E-state index contributed by atoms with van der Waals surface area (Å²) in [4.78, 5) is 22.7. The van der Waals surface area contributed by atoms with Gasteiger partial charge >= 0.3 is 0 Å². The molecule has 0 radical (unpaired) electrons. The predicted molar refractivity (Wildman–Crippen MR) is 109 cm³/mol. The van der Waals surface area contributed by atoms with Gasteiger partial charge in [-0.25, -0.2) is 4.39 Å². The molecule has 0 atom stereocenters. The molecule has 0 spiro atoms. The number of thioether (sulfide) groups is 1. The first kappa shape index (κ1) is 19.5. The molecular weight excluding hydrogens is 411 g/mol. The fourth-order valence-corrected chi connectivity index (χ4v) is 3.36. The van der Waals surface area contributed by atoms with Gasteiger partial charge in [0.15, 0.2) is 5.65 Å². The van der Waals surface area contributed by atoms with E-state index in [9.17, 15) is 19.3 Å². The van der Waals surface area contributed by atoms with Crippen LogP contribution in [0, 0.1) is 15.9 Å². The van der Waals surface area contributed by atoms with E-state index in [0.29, 0.717) is 22.1 Å². The highest BCUT2D eigenvalue weighted by Gasteiger charge is 2.14. The van der Waals surface area contributed by atoms with E-state index in [4.69, 9.17) is 0 Å². The van der Waals surface area contributed by atoms with Crippen LogP contribution >= 0.6 is 11.8 Å². The van der Waals surface area contributed by atoms with Crippen molar-refractivity contribution in [1.82, 2.24) is 19.8 Å². The van der Waals surface area contributed by atoms with Crippen molar-refractivity contribution in [2.24, 2.45) is 0 Å². The molecule has 2 heterocycles. The van der Waals surface area contributed by atoms with E-state index in [-0.39, 0.29) is 17.1 Å². The molecule has 4 rings (SSSR count). The predicted octanol–water partition coefficient (Wildman–Crippen LogP) is 3.57. The van der Waals surface area contributed by atoms with Crippen LogP contribution in [0.25, 0.3) is 16.9 Å². The molecule has 0 aliphatic carbocycles. The number of benzene rings is 2. The van der Waals surface area contributed by atoms with Gasteiger partial charge in [-0.3, -0.25) is 14.9 Å². The molecule has 4 aromatic rings. The van der Waals surface area contributed by atoms with Gasteiger partial charge in [-0.1, -0.05) is 36.0 Å². The molecule has 0 bridgehead atoms. The van der Waals surface area contributed by atoms with Crippen LogP contribution in [-0.2, 0) is 4.79 Å². The molecule has 0 aliphatic heterocycles. The third-order valence-electron chi connectivity index (χ3n) is 4.07. The molecular formula is C19H13FN6O3S. The molecule has 1 amide bonds. The van der Waals surface area contributed by atoms with Crippen LogP contribution in [0.4, 0.5) is 15.8 Å². The molecule has 0 fully saturated rings. The zero-order chi connectivity index (χ0) is 21.1. The molecule has 30 heavy (non-hydrogen) atoms. The number of nitro groups is 1. The fraction of sp³-hybridized carbons (Fsp3) is 0.0526. The molecule has 11 heteroatoms. The summed E-state index contributed by atoms with van der Waals surface area (Å²) in [6.45, 7) is 0. The summed E-state index contributed by atoms with van der Waals surface area (Å²) < 4.78 is 15.1. The Morgan fingerprint density at radius 1 is 1.13 bits per heavy atom. The maximum absolute atomic E-state index is 13.7. The molecule has 2 aromatic carbocycles. The molecule has 9 nitrogen and oxygen atoms in total. The van der Waals surface area contributed by atoms with Gasteiger partial charge in [-0.05, 0) is 24.3 Å². The van der Waals surface area contributed by atoms with Crippen LogP contribution < -0.4 is 5.32 Å². The Morgan fingerprint density at radius 2 is 1.97 bits per heavy atom. The van der Waals surface area contributed by atoms with Gasteiger partial charge in [0, 0.05) is 17.7 Å². The highest BCUT2D eigenvalue weighted by molar-refractivity contribution is 7.99. The van der Waals surface area contributed by atoms with Crippen molar-refractivity contribution in [1.29, 1.82) is 0 Å².